The maximum absolute atomic E-state index is 11.5. The summed E-state index contributed by atoms with van der Waals surface area (Å²) in [6.45, 7) is 9.89. The number of unbranched alkanes of at least 4 members (excludes halogenated alkanes) is 1. The van der Waals surface area contributed by atoms with Gasteiger partial charge in [-0.15, -0.1) is 0 Å². The first-order valence-corrected chi connectivity index (χ1v) is 8.11. The third-order valence-electron chi connectivity index (χ3n) is 2.58. The van der Waals surface area contributed by atoms with Gasteiger partial charge in [0.15, 0.2) is 0 Å². The number of carbonyl (C=O) groups is 1. The highest BCUT2D eigenvalue weighted by molar-refractivity contribution is 5.69. The molecule has 0 fully saturated rings. The summed E-state index contributed by atoms with van der Waals surface area (Å²) in [6.07, 6.45) is 2.95. The third kappa shape index (κ3) is 17.4. The van der Waals surface area contributed by atoms with Crippen LogP contribution in [0.15, 0.2) is 0 Å². The van der Waals surface area contributed by atoms with Crippen LogP contribution in [-0.4, -0.2) is 57.8 Å². The van der Waals surface area contributed by atoms with Crippen LogP contribution in [0, 0.1) is 0 Å². The van der Waals surface area contributed by atoms with Gasteiger partial charge in [-0.25, -0.2) is 0 Å². The van der Waals surface area contributed by atoms with E-state index in [0.29, 0.717) is 52.6 Å². The summed E-state index contributed by atoms with van der Waals surface area (Å²) in [6, 6.07) is 0. The Bertz CT molecular complexity index is 266. The fourth-order valence-electron chi connectivity index (χ4n) is 1.59. The van der Waals surface area contributed by atoms with Crippen molar-refractivity contribution in [3.05, 3.63) is 0 Å². The van der Waals surface area contributed by atoms with Crippen molar-refractivity contribution in [3.8, 4) is 0 Å². The fourth-order valence-corrected chi connectivity index (χ4v) is 1.59. The quantitative estimate of drug-likeness (QED) is 0.389. The van der Waals surface area contributed by atoms with Gasteiger partial charge in [-0.3, -0.25) is 4.79 Å². The van der Waals surface area contributed by atoms with Crippen molar-refractivity contribution in [2.75, 3.05) is 46.2 Å². The van der Waals surface area contributed by atoms with Crippen LogP contribution in [0.1, 0.15) is 46.5 Å². The van der Waals surface area contributed by atoms with Crippen molar-refractivity contribution in [2.24, 2.45) is 5.73 Å². The summed E-state index contributed by atoms with van der Waals surface area (Å²) in [4.78, 5) is 11.5. The Morgan fingerprint density at radius 3 is 1.82 bits per heavy atom. The van der Waals surface area contributed by atoms with E-state index in [2.05, 4.69) is 0 Å². The lowest BCUT2D eigenvalue weighted by atomic mass is 10.2. The van der Waals surface area contributed by atoms with E-state index >= 15 is 0 Å². The monoisotopic (exact) mass is 319 g/mol. The lowest BCUT2D eigenvalue weighted by Crippen LogP contribution is -2.23. The second kappa shape index (κ2) is 13.9. The molecule has 0 aromatic heterocycles. The summed E-state index contributed by atoms with van der Waals surface area (Å²) in [5.41, 5.74) is 4.95. The molecule has 0 aromatic rings. The van der Waals surface area contributed by atoms with Gasteiger partial charge in [0, 0.05) is 19.6 Å². The van der Waals surface area contributed by atoms with Gasteiger partial charge in [-0.2, -0.15) is 0 Å². The molecule has 132 valence electrons. The van der Waals surface area contributed by atoms with Crippen LogP contribution in [0.5, 0.6) is 0 Å². The Hall–Kier alpha value is -0.690. The van der Waals surface area contributed by atoms with Crippen molar-refractivity contribution in [2.45, 2.75) is 52.1 Å². The van der Waals surface area contributed by atoms with Crippen LogP contribution in [0.25, 0.3) is 0 Å². The van der Waals surface area contributed by atoms with Gasteiger partial charge in [-0.05, 0) is 46.6 Å². The molecule has 0 saturated heterocycles. The number of carbonyl (C=O) groups excluding carboxylic acids is 1. The molecule has 0 aromatic carbocycles. The van der Waals surface area contributed by atoms with Gasteiger partial charge in [0.2, 0.25) is 0 Å². The molecule has 2 N–H and O–H groups in total. The summed E-state index contributed by atoms with van der Waals surface area (Å²) >= 11 is 0. The number of nitrogens with two attached hydrogens (primary N) is 1. The number of esters is 1. The lowest BCUT2D eigenvalue weighted by molar-refractivity contribution is -0.154. The average molecular weight is 319 g/mol. The maximum atomic E-state index is 11.5. The second-order valence-electron chi connectivity index (χ2n) is 6.02. The highest BCUT2D eigenvalue weighted by Gasteiger charge is 2.15. The second-order valence-corrected chi connectivity index (χ2v) is 6.02. The molecule has 0 atom stereocenters. The van der Waals surface area contributed by atoms with E-state index in [1.165, 1.54) is 0 Å². The molecule has 0 spiro atoms. The number of rotatable bonds is 14. The first-order chi connectivity index (χ1) is 10.5. The predicted octanol–water partition coefficient (Wildman–Crippen LogP) is 1.90. The van der Waals surface area contributed by atoms with E-state index in [0.717, 1.165) is 19.3 Å². The minimum Gasteiger partial charge on any atom is -0.460 e. The molecule has 0 heterocycles. The zero-order valence-corrected chi connectivity index (χ0v) is 14.4. The minimum absolute atomic E-state index is 0.148. The Balaban J connectivity index is 3.16. The average Bonchev–Trinajstić information content (AvgIpc) is 2.42. The predicted molar refractivity (Wildman–Crippen MR) is 85.8 cm³/mol. The zero-order chi connectivity index (χ0) is 16.7. The number of hydrogen-bond donors (Lipinski definition) is 1. The smallest absolute Gasteiger partial charge is 0.306 e. The van der Waals surface area contributed by atoms with Gasteiger partial charge in [-0.1, -0.05) is 0 Å². The molecule has 6 nitrogen and oxygen atoms in total. The molecule has 0 aliphatic rings. The molecular formula is C16H33NO5. The van der Waals surface area contributed by atoms with Crippen molar-refractivity contribution >= 4 is 5.97 Å². The van der Waals surface area contributed by atoms with E-state index < -0.39 is 5.60 Å². The SMILES string of the molecule is CC(C)(C)OC(=O)CCCCOCCOCCOCCCN. The van der Waals surface area contributed by atoms with Gasteiger partial charge in [0.05, 0.1) is 26.4 Å². The minimum atomic E-state index is -0.404. The topological polar surface area (TPSA) is 80.0 Å². The molecule has 0 bridgehead atoms. The summed E-state index contributed by atoms with van der Waals surface area (Å²) in [5, 5.41) is 0. The first kappa shape index (κ1) is 21.3. The zero-order valence-electron chi connectivity index (χ0n) is 14.4. The lowest BCUT2D eigenvalue weighted by Gasteiger charge is -2.19. The van der Waals surface area contributed by atoms with E-state index in [9.17, 15) is 4.79 Å². The third-order valence-corrected chi connectivity index (χ3v) is 2.58. The van der Waals surface area contributed by atoms with Gasteiger partial charge in [0.1, 0.15) is 5.60 Å². The van der Waals surface area contributed by atoms with E-state index in [4.69, 9.17) is 24.7 Å². The Morgan fingerprint density at radius 2 is 1.32 bits per heavy atom. The van der Waals surface area contributed by atoms with Gasteiger partial charge in [0.25, 0.3) is 0 Å². The molecule has 22 heavy (non-hydrogen) atoms. The van der Waals surface area contributed by atoms with Gasteiger partial charge < -0.3 is 24.7 Å². The normalized spacial score (nSPS) is 11.6. The number of hydrogen-bond acceptors (Lipinski definition) is 6. The summed E-state index contributed by atoms with van der Waals surface area (Å²) < 4.78 is 21.3. The largest absolute Gasteiger partial charge is 0.460 e. The van der Waals surface area contributed by atoms with Crippen LogP contribution < -0.4 is 5.73 Å². The first-order valence-electron chi connectivity index (χ1n) is 8.11. The van der Waals surface area contributed by atoms with Crippen LogP contribution in [0.2, 0.25) is 0 Å². The maximum Gasteiger partial charge on any atom is 0.306 e. The molecule has 6 heteroatoms. The van der Waals surface area contributed by atoms with E-state index in [1.807, 2.05) is 20.8 Å². The summed E-state index contributed by atoms with van der Waals surface area (Å²) in [7, 11) is 0. The van der Waals surface area contributed by atoms with Crippen LogP contribution in [0.3, 0.4) is 0 Å². The highest BCUT2D eigenvalue weighted by atomic mass is 16.6. The van der Waals surface area contributed by atoms with Crippen molar-refractivity contribution < 1.29 is 23.7 Å². The van der Waals surface area contributed by atoms with Crippen molar-refractivity contribution in [1.29, 1.82) is 0 Å². The summed E-state index contributed by atoms with van der Waals surface area (Å²) in [5.74, 6) is -0.148. The molecule has 0 aliphatic carbocycles. The Kier molecular flexibility index (Phi) is 13.5. The molecule has 0 aliphatic heterocycles. The molecular weight excluding hydrogens is 286 g/mol. The van der Waals surface area contributed by atoms with Gasteiger partial charge >= 0.3 is 5.97 Å². The fraction of sp³-hybridized carbons (Fsp3) is 0.938. The highest BCUT2D eigenvalue weighted by Crippen LogP contribution is 2.09. The Morgan fingerprint density at radius 1 is 0.818 bits per heavy atom. The molecule has 0 saturated carbocycles. The van der Waals surface area contributed by atoms with Crippen LogP contribution in [0.4, 0.5) is 0 Å². The number of ether oxygens (including phenoxy) is 4. The van der Waals surface area contributed by atoms with Crippen molar-refractivity contribution in [1.82, 2.24) is 0 Å². The van der Waals surface area contributed by atoms with Crippen molar-refractivity contribution in [3.63, 3.8) is 0 Å². The van der Waals surface area contributed by atoms with E-state index in [-0.39, 0.29) is 5.97 Å². The van der Waals surface area contributed by atoms with Crippen LogP contribution >= 0.6 is 0 Å². The standard InChI is InChI=1S/C16H33NO5/c1-16(2,3)22-15(18)7-4-5-9-19-11-13-21-14-12-20-10-6-8-17/h4-14,17H2,1-3H3. The Labute approximate surface area is 134 Å². The molecule has 0 radical (unpaired) electrons. The van der Waals surface area contributed by atoms with E-state index in [1.54, 1.807) is 0 Å². The molecule has 0 rings (SSSR count). The van der Waals surface area contributed by atoms with Crippen LogP contribution in [-0.2, 0) is 23.7 Å². The molecule has 0 unspecified atom stereocenters. The molecule has 0 amide bonds.